The fraction of sp³-hybridized carbons (Fsp3) is 0.385. The second-order valence-corrected chi connectivity index (χ2v) is 5.14. The average molecular weight is 355 g/mol. The number of aromatic nitrogens is 4. The molecule has 25 heavy (non-hydrogen) atoms. The Balaban J connectivity index is 1.64. The Labute approximate surface area is 140 Å². The average Bonchev–Trinajstić information content (AvgIpc) is 3.01. The predicted octanol–water partition coefficient (Wildman–Crippen LogP) is 1.34. The molecule has 1 amide bonds. The third-order valence-corrected chi connectivity index (χ3v) is 3.52. The highest BCUT2D eigenvalue weighted by Crippen LogP contribution is 2.20. The Bertz CT molecular complexity index is 734. The zero-order valence-corrected chi connectivity index (χ0v) is 12.9. The van der Waals surface area contributed by atoms with Gasteiger partial charge in [-0.25, -0.2) is 9.78 Å². The molecule has 0 atom stereocenters. The number of carboxylic acid groups (broad SMARTS) is 1. The van der Waals surface area contributed by atoms with Crippen LogP contribution in [0, 0.1) is 0 Å². The lowest BCUT2D eigenvalue weighted by molar-refractivity contribution is -0.0528. The van der Waals surface area contributed by atoms with Gasteiger partial charge in [-0.05, 0) is 0 Å². The van der Waals surface area contributed by atoms with E-state index in [4.69, 9.17) is 5.11 Å². The lowest BCUT2D eigenvalue weighted by atomic mass is 10.3. The Morgan fingerprint density at radius 1 is 1.32 bits per heavy atom. The first kappa shape index (κ1) is 16.7. The van der Waals surface area contributed by atoms with Crippen molar-refractivity contribution in [1.29, 1.82) is 0 Å². The van der Waals surface area contributed by atoms with Gasteiger partial charge in [0.25, 0.3) is 0 Å². The lowest BCUT2D eigenvalue weighted by Gasteiger charge is -2.33. The van der Waals surface area contributed by atoms with Gasteiger partial charge in [-0.3, -0.25) is 10.1 Å². The number of amides is 1. The van der Waals surface area contributed by atoms with Crippen LogP contribution in [0.4, 0.5) is 31.0 Å². The van der Waals surface area contributed by atoms with Crippen LogP contribution in [0.5, 0.6) is 5.88 Å². The van der Waals surface area contributed by atoms with E-state index in [2.05, 4.69) is 30.2 Å². The number of anilines is 3. The maximum absolute atomic E-state index is 12.1. The number of ether oxygens (including phenoxy) is 1. The molecule has 0 radical (unpaired) electrons. The Hall–Kier alpha value is -3.18. The van der Waals surface area contributed by atoms with Gasteiger partial charge in [0.15, 0.2) is 5.82 Å². The number of halogens is 2. The second kappa shape index (κ2) is 7.15. The van der Waals surface area contributed by atoms with Crippen molar-refractivity contribution in [3.8, 4) is 5.88 Å². The number of alkyl halides is 2. The van der Waals surface area contributed by atoms with Crippen molar-refractivity contribution in [2.75, 3.05) is 36.4 Å². The molecular weight excluding hydrogens is 340 g/mol. The van der Waals surface area contributed by atoms with Crippen LogP contribution in [0.15, 0.2) is 18.5 Å². The molecule has 1 saturated heterocycles. The van der Waals surface area contributed by atoms with Gasteiger partial charge in [0, 0.05) is 32.2 Å². The van der Waals surface area contributed by atoms with Crippen LogP contribution >= 0.6 is 0 Å². The third-order valence-electron chi connectivity index (χ3n) is 3.52. The third kappa shape index (κ3) is 4.22. The van der Waals surface area contributed by atoms with Crippen LogP contribution in [-0.4, -0.2) is 69.1 Å². The molecular formula is C13H15F2N7O3. The fourth-order valence-electron chi connectivity index (χ4n) is 2.35. The number of carbonyl (C=O) groups is 1. The summed E-state index contributed by atoms with van der Waals surface area (Å²) >= 11 is 0. The molecule has 2 aromatic heterocycles. The molecule has 1 aliphatic heterocycles. The van der Waals surface area contributed by atoms with Crippen molar-refractivity contribution in [3.05, 3.63) is 18.5 Å². The van der Waals surface area contributed by atoms with Crippen LogP contribution in [0.3, 0.4) is 0 Å². The number of aromatic amines is 1. The molecule has 1 aliphatic rings. The number of hydrogen-bond acceptors (Lipinski definition) is 7. The van der Waals surface area contributed by atoms with E-state index in [9.17, 15) is 13.6 Å². The van der Waals surface area contributed by atoms with Crippen LogP contribution in [0.25, 0.3) is 0 Å². The Morgan fingerprint density at radius 2 is 2.08 bits per heavy atom. The summed E-state index contributed by atoms with van der Waals surface area (Å²) in [5.74, 6) is 1.04. The van der Waals surface area contributed by atoms with Gasteiger partial charge in [0.05, 0.1) is 12.4 Å². The van der Waals surface area contributed by atoms with Crippen LogP contribution in [-0.2, 0) is 0 Å². The second-order valence-electron chi connectivity index (χ2n) is 5.14. The minimum Gasteiger partial charge on any atom is -0.465 e. The highest BCUT2D eigenvalue weighted by molar-refractivity contribution is 5.65. The summed E-state index contributed by atoms with van der Waals surface area (Å²) in [7, 11) is 0. The van der Waals surface area contributed by atoms with E-state index in [1.807, 2.05) is 4.90 Å². The molecule has 10 nitrogen and oxygen atoms in total. The van der Waals surface area contributed by atoms with Gasteiger partial charge >= 0.3 is 12.7 Å². The maximum Gasteiger partial charge on any atom is 0.407 e. The summed E-state index contributed by atoms with van der Waals surface area (Å²) in [6.45, 7) is -1.20. The van der Waals surface area contributed by atoms with E-state index in [0.29, 0.717) is 43.6 Å². The number of nitrogens with zero attached hydrogens (tertiary/aromatic N) is 5. The van der Waals surface area contributed by atoms with Crippen molar-refractivity contribution in [2.45, 2.75) is 6.61 Å². The van der Waals surface area contributed by atoms with Crippen molar-refractivity contribution in [2.24, 2.45) is 0 Å². The van der Waals surface area contributed by atoms with Crippen molar-refractivity contribution < 1.29 is 23.4 Å². The van der Waals surface area contributed by atoms with E-state index in [0.717, 1.165) is 0 Å². The number of rotatable bonds is 5. The van der Waals surface area contributed by atoms with Gasteiger partial charge in [0.2, 0.25) is 5.88 Å². The molecule has 0 bridgehead atoms. The first-order valence-electron chi connectivity index (χ1n) is 7.33. The largest absolute Gasteiger partial charge is 0.465 e. The van der Waals surface area contributed by atoms with Crippen molar-refractivity contribution >= 4 is 23.5 Å². The molecule has 134 valence electrons. The molecule has 0 unspecified atom stereocenters. The molecule has 0 aliphatic carbocycles. The van der Waals surface area contributed by atoms with Gasteiger partial charge in [-0.1, -0.05) is 0 Å². The first-order valence-corrected chi connectivity index (χ1v) is 7.33. The highest BCUT2D eigenvalue weighted by Gasteiger charge is 2.21. The topological polar surface area (TPSA) is 120 Å². The number of piperazine rings is 1. The molecule has 3 rings (SSSR count). The first-order chi connectivity index (χ1) is 12.0. The minimum absolute atomic E-state index is 0.244. The van der Waals surface area contributed by atoms with Crippen LogP contribution < -0.4 is 15.0 Å². The summed E-state index contributed by atoms with van der Waals surface area (Å²) < 4.78 is 28.4. The summed E-state index contributed by atoms with van der Waals surface area (Å²) in [6.07, 6.45) is 2.09. The molecule has 12 heteroatoms. The summed E-state index contributed by atoms with van der Waals surface area (Å²) in [5.41, 5.74) is 0. The predicted molar refractivity (Wildman–Crippen MR) is 82.3 cm³/mol. The van der Waals surface area contributed by atoms with E-state index in [-0.39, 0.29) is 5.88 Å². The minimum atomic E-state index is -2.95. The molecule has 3 heterocycles. The van der Waals surface area contributed by atoms with Gasteiger partial charge in [-0.2, -0.15) is 8.78 Å². The Morgan fingerprint density at radius 3 is 2.76 bits per heavy atom. The van der Waals surface area contributed by atoms with Crippen LogP contribution in [0.1, 0.15) is 0 Å². The number of H-pyrrole nitrogens is 1. The van der Waals surface area contributed by atoms with E-state index in [1.165, 1.54) is 17.2 Å². The Kier molecular flexibility index (Phi) is 4.77. The number of nitrogens with one attached hydrogen (secondary N) is 2. The molecule has 0 saturated carbocycles. The number of hydrogen-bond donors (Lipinski definition) is 3. The molecule has 0 spiro atoms. The van der Waals surface area contributed by atoms with E-state index < -0.39 is 12.7 Å². The summed E-state index contributed by atoms with van der Waals surface area (Å²) in [4.78, 5) is 22.6. The fourth-order valence-corrected chi connectivity index (χ4v) is 2.35. The molecule has 1 fully saturated rings. The van der Waals surface area contributed by atoms with Crippen molar-refractivity contribution in [1.82, 2.24) is 25.1 Å². The highest BCUT2D eigenvalue weighted by atomic mass is 19.3. The van der Waals surface area contributed by atoms with Crippen molar-refractivity contribution in [3.63, 3.8) is 0 Å². The zero-order valence-electron chi connectivity index (χ0n) is 12.9. The molecule has 3 N–H and O–H groups in total. The smallest absolute Gasteiger partial charge is 0.407 e. The van der Waals surface area contributed by atoms with Gasteiger partial charge in [-0.15, -0.1) is 5.10 Å². The lowest BCUT2D eigenvalue weighted by Crippen LogP contribution is -2.48. The van der Waals surface area contributed by atoms with E-state index in [1.54, 1.807) is 6.20 Å². The summed E-state index contributed by atoms with van der Waals surface area (Å²) in [6, 6.07) is 1.27. The maximum atomic E-state index is 12.1. The molecule has 0 aromatic carbocycles. The normalized spacial score (nSPS) is 14.7. The van der Waals surface area contributed by atoms with E-state index >= 15 is 0 Å². The standard InChI is InChI=1S/C13H15F2N7O3/c14-12(15)25-11-5-8(19-20-11)17-9-6-16-7-10(18-9)21-1-3-22(4-2-21)13(23)24/h5-7,12H,1-4H2,(H,23,24)(H2,17,18,19,20). The molecule has 2 aromatic rings. The monoisotopic (exact) mass is 355 g/mol. The SMILES string of the molecule is O=C(O)N1CCN(c2cncc(Nc3cc(OC(F)F)n[nH]3)n2)CC1. The van der Waals surface area contributed by atoms with Crippen LogP contribution in [0.2, 0.25) is 0 Å². The van der Waals surface area contributed by atoms with Gasteiger partial charge < -0.3 is 25.0 Å². The summed E-state index contributed by atoms with van der Waals surface area (Å²) in [5, 5.41) is 17.9. The zero-order chi connectivity index (χ0) is 17.8. The van der Waals surface area contributed by atoms with Gasteiger partial charge in [0.1, 0.15) is 11.6 Å². The quantitative estimate of drug-likeness (QED) is 0.735.